The van der Waals surface area contributed by atoms with E-state index in [0.29, 0.717) is 31.7 Å². The van der Waals surface area contributed by atoms with Gasteiger partial charge in [0.1, 0.15) is 11.6 Å². The van der Waals surface area contributed by atoms with E-state index < -0.39 is 11.7 Å². The Morgan fingerprint density at radius 2 is 1.87 bits per heavy atom. The number of carbonyl (C=O) groups excluding carboxylic acids is 1. The predicted octanol–water partition coefficient (Wildman–Crippen LogP) is 4.55. The average Bonchev–Trinajstić information content (AvgIpc) is 2.77. The molecule has 1 unspecified atom stereocenters. The molecule has 1 amide bonds. The summed E-state index contributed by atoms with van der Waals surface area (Å²) in [7, 11) is 3.40. The Morgan fingerprint density at radius 3 is 2.43 bits per heavy atom. The van der Waals surface area contributed by atoms with Gasteiger partial charge in [0.2, 0.25) is 5.91 Å². The molecule has 162 valence electrons. The number of amides is 1. The molecule has 0 aliphatic carbocycles. The van der Waals surface area contributed by atoms with Crippen LogP contribution in [0, 0.1) is 5.92 Å². The summed E-state index contributed by atoms with van der Waals surface area (Å²) in [5.41, 5.74) is 0.186. The second kappa shape index (κ2) is 8.93. The Morgan fingerprint density at radius 1 is 1.20 bits per heavy atom. The Balaban J connectivity index is 1.61. The maximum Gasteiger partial charge on any atom is 0.417 e. The lowest BCUT2D eigenvalue weighted by atomic mass is 9.94. The first kappa shape index (κ1) is 21.9. The third-order valence-corrected chi connectivity index (χ3v) is 5.76. The molecule has 1 fully saturated rings. The van der Waals surface area contributed by atoms with Crippen LogP contribution in [0.3, 0.4) is 0 Å². The lowest BCUT2D eigenvalue weighted by Crippen LogP contribution is -2.42. The minimum Gasteiger partial charge on any atom is -0.496 e. The van der Waals surface area contributed by atoms with Crippen LogP contribution in [0.15, 0.2) is 42.6 Å². The molecular weight excluding hydrogens is 395 g/mol. The number of hydrogen-bond acceptors (Lipinski definition) is 4. The maximum absolute atomic E-state index is 13.0. The van der Waals surface area contributed by atoms with E-state index >= 15 is 0 Å². The Bertz CT molecular complexity index is 863. The molecule has 3 rings (SSSR count). The normalized spacial score (nSPS) is 16.3. The zero-order valence-corrected chi connectivity index (χ0v) is 17.3. The summed E-state index contributed by atoms with van der Waals surface area (Å²) in [6.07, 6.45) is -2.28. The molecule has 5 nitrogen and oxygen atoms in total. The second-order valence-corrected chi connectivity index (χ2v) is 7.53. The van der Waals surface area contributed by atoms with E-state index in [2.05, 4.69) is 4.98 Å². The summed E-state index contributed by atoms with van der Waals surface area (Å²) < 4.78 is 43.5. The first-order chi connectivity index (χ1) is 14.2. The van der Waals surface area contributed by atoms with Gasteiger partial charge in [0.25, 0.3) is 0 Å². The van der Waals surface area contributed by atoms with Crippen LogP contribution < -0.4 is 9.64 Å². The topological polar surface area (TPSA) is 45.7 Å². The van der Waals surface area contributed by atoms with Gasteiger partial charge in [-0.3, -0.25) is 4.79 Å². The van der Waals surface area contributed by atoms with Gasteiger partial charge in [0.05, 0.1) is 18.7 Å². The number of alkyl halides is 3. The number of carbonyl (C=O) groups is 1. The van der Waals surface area contributed by atoms with Crippen LogP contribution in [0.5, 0.6) is 5.75 Å². The fourth-order valence-electron chi connectivity index (χ4n) is 3.80. The van der Waals surface area contributed by atoms with Crippen molar-refractivity contribution >= 4 is 11.7 Å². The summed E-state index contributed by atoms with van der Waals surface area (Å²) in [4.78, 5) is 20.7. The van der Waals surface area contributed by atoms with Crippen LogP contribution in [0.4, 0.5) is 19.0 Å². The maximum atomic E-state index is 13.0. The van der Waals surface area contributed by atoms with Crippen LogP contribution in [-0.2, 0) is 11.0 Å². The van der Waals surface area contributed by atoms with Crippen LogP contribution >= 0.6 is 0 Å². The quantitative estimate of drug-likeness (QED) is 0.711. The highest BCUT2D eigenvalue weighted by atomic mass is 19.4. The van der Waals surface area contributed by atoms with Crippen molar-refractivity contribution in [1.29, 1.82) is 0 Å². The number of halogens is 3. The summed E-state index contributed by atoms with van der Waals surface area (Å²) in [6.45, 7) is 3.12. The third-order valence-electron chi connectivity index (χ3n) is 5.76. The summed E-state index contributed by atoms with van der Waals surface area (Å²) in [5.74, 6) is 1.18. The van der Waals surface area contributed by atoms with Crippen molar-refractivity contribution in [2.24, 2.45) is 5.92 Å². The minimum atomic E-state index is -4.40. The van der Waals surface area contributed by atoms with Gasteiger partial charge in [-0.1, -0.05) is 18.2 Å². The highest BCUT2D eigenvalue weighted by molar-refractivity contribution is 5.79. The van der Waals surface area contributed by atoms with Crippen LogP contribution in [-0.4, -0.2) is 43.0 Å². The highest BCUT2D eigenvalue weighted by Gasteiger charge is 2.32. The largest absolute Gasteiger partial charge is 0.496 e. The lowest BCUT2D eigenvalue weighted by molar-refractivity contribution is -0.138. The summed E-state index contributed by atoms with van der Waals surface area (Å²) >= 11 is 0. The van der Waals surface area contributed by atoms with E-state index in [1.165, 1.54) is 6.07 Å². The van der Waals surface area contributed by atoms with Crippen molar-refractivity contribution in [1.82, 2.24) is 9.88 Å². The van der Waals surface area contributed by atoms with E-state index in [9.17, 15) is 18.0 Å². The van der Waals surface area contributed by atoms with Gasteiger partial charge in [-0.25, -0.2) is 4.98 Å². The zero-order chi connectivity index (χ0) is 21.9. The fourth-order valence-corrected chi connectivity index (χ4v) is 3.80. The van der Waals surface area contributed by atoms with Gasteiger partial charge in [-0.05, 0) is 38.0 Å². The van der Waals surface area contributed by atoms with Crippen molar-refractivity contribution in [2.75, 3.05) is 32.1 Å². The number of aromatic nitrogens is 1. The number of ether oxygens (including phenoxy) is 1. The standard InChI is InChI=1S/C22H26F3N3O2/c1-15(18-6-4-5-7-19(18)30-3)27(2)21(29)16-10-12-28(13-11-16)20-9-8-17(14-26-20)22(23,24)25/h4-9,14-16H,10-13H2,1-3H3. The van der Waals surface area contributed by atoms with Gasteiger partial charge in [0, 0.05) is 37.8 Å². The molecule has 1 aromatic carbocycles. The van der Waals surface area contributed by atoms with Crippen LogP contribution in [0.1, 0.15) is 36.9 Å². The molecule has 2 heterocycles. The van der Waals surface area contributed by atoms with Crippen LogP contribution in [0.2, 0.25) is 0 Å². The fraction of sp³-hybridized carbons (Fsp3) is 0.455. The summed E-state index contributed by atoms with van der Waals surface area (Å²) in [6, 6.07) is 9.93. The van der Waals surface area contributed by atoms with Crippen molar-refractivity contribution in [3.05, 3.63) is 53.7 Å². The second-order valence-electron chi connectivity index (χ2n) is 7.53. The molecule has 0 bridgehead atoms. The van der Waals surface area contributed by atoms with Gasteiger partial charge >= 0.3 is 6.18 Å². The first-order valence-corrected chi connectivity index (χ1v) is 9.90. The monoisotopic (exact) mass is 421 g/mol. The number of pyridine rings is 1. The van der Waals surface area contributed by atoms with E-state index in [-0.39, 0.29) is 17.9 Å². The van der Waals surface area contributed by atoms with Crippen LogP contribution in [0.25, 0.3) is 0 Å². The Kier molecular flexibility index (Phi) is 6.53. The molecule has 0 radical (unpaired) electrons. The van der Waals surface area contributed by atoms with Gasteiger partial charge in [-0.2, -0.15) is 13.2 Å². The average molecular weight is 421 g/mol. The highest BCUT2D eigenvalue weighted by Crippen LogP contribution is 2.32. The SMILES string of the molecule is COc1ccccc1C(C)N(C)C(=O)C1CCN(c2ccc(C(F)(F)F)cn2)CC1. The van der Waals surface area contributed by atoms with Gasteiger partial charge in [-0.15, -0.1) is 0 Å². The van der Waals surface area contributed by atoms with Crippen molar-refractivity contribution in [3.8, 4) is 5.75 Å². The van der Waals surface area contributed by atoms with Crippen molar-refractivity contribution in [2.45, 2.75) is 32.0 Å². The third kappa shape index (κ3) is 4.68. The predicted molar refractivity (Wildman–Crippen MR) is 108 cm³/mol. The summed E-state index contributed by atoms with van der Waals surface area (Å²) in [5, 5.41) is 0. The van der Waals surface area contributed by atoms with E-state index in [0.717, 1.165) is 23.6 Å². The number of piperidine rings is 1. The molecule has 1 aromatic heterocycles. The molecule has 0 N–H and O–H groups in total. The number of benzene rings is 1. The molecule has 8 heteroatoms. The molecule has 1 aliphatic heterocycles. The number of rotatable bonds is 5. The first-order valence-electron chi connectivity index (χ1n) is 9.90. The lowest BCUT2D eigenvalue weighted by Gasteiger charge is -2.35. The molecule has 0 spiro atoms. The Hall–Kier alpha value is -2.77. The molecule has 1 aliphatic rings. The number of anilines is 1. The smallest absolute Gasteiger partial charge is 0.417 e. The Labute approximate surface area is 174 Å². The van der Waals surface area contributed by atoms with E-state index in [4.69, 9.17) is 4.74 Å². The number of nitrogens with zero attached hydrogens (tertiary/aromatic N) is 3. The van der Waals surface area contributed by atoms with Gasteiger partial charge in [0.15, 0.2) is 0 Å². The molecule has 1 saturated heterocycles. The van der Waals surface area contributed by atoms with Gasteiger partial charge < -0.3 is 14.5 Å². The molecule has 30 heavy (non-hydrogen) atoms. The van der Waals surface area contributed by atoms with E-state index in [1.54, 1.807) is 19.1 Å². The number of para-hydroxylation sites is 1. The van der Waals surface area contributed by atoms with Crippen molar-refractivity contribution in [3.63, 3.8) is 0 Å². The van der Waals surface area contributed by atoms with Crippen molar-refractivity contribution < 1.29 is 22.7 Å². The molecule has 2 aromatic rings. The number of methoxy groups -OCH3 is 1. The van der Waals surface area contributed by atoms with E-state index in [1.807, 2.05) is 36.1 Å². The zero-order valence-electron chi connectivity index (χ0n) is 17.3. The number of hydrogen-bond donors (Lipinski definition) is 0. The molecular formula is C22H26F3N3O2. The minimum absolute atomic E-state index is 0.0634. The molecule has 0 saturated carbocycles. The molecule has 1 atom stereocenters.